The highest BCUT2D eigenvalue weighted by Crippen LogP contribution is 2.25. The summed E-state index contributed by atoms with van der Waals surface area (Å²) in [6.07, 6.45) is 1.19. The van der Waals surface area contributed by atoms with E-state index in [2.05, 4.69) is 15.6 Å². The fourth-order valence-corrected chi connectivity index (χ4v) is 1.40. The average molecular weight is 281 g/mol. The molecular weight excluding hydrogens is 262 g/mol. The molecule has 1 atom stereocenters. The van der Waals surface area contributed by atoms with Crippen LogP contribution < -0.4 is 10.6 Å². The van der Waals surface area contributed by atoms with E-state index in [0.29, 0.717) is 12.5 Å². The second-order valence-electron chi connectivity index (χ2n) is 4.86. The molecule has 7 nitrogen and oxygen atoms in total. The summed E-state index contributed by atoms with van der Waals surface area (Å²) in [5.41, 5.74) is -0.325. The predicted octanol–water partition coefficient (Wildman–Crippen LogP) is 0.383. The van der Waals surface area contributed by atoms with Crippen LogP contribution in [0.1, 0.15) is 31.3 Å². The first-order valence-electron chi connectivity index (χ1n) is 6.28. The van der Waals surface area contributed by atoms with Crippen LogP contribution in [0.25, 0.3) is 0 Å². The van der Waals surface area contributed by atoms with E-state index < -0.39 is 23.4 Å². The predicted molar refractivity (Wildman–Crippen MR) is 72.3 cm³/mol. The van der Waals surface area contributed by atoms with Crippen molar-refractivity contribution in [2.24, 2.45) is 5.92 Å². The number of carbonyl (C=O) groups excluding carboxylic acids is 2. The van der Waals surface area contributed by atoms with Gasteiger partial charge in [-0.05, 0) is 12.8 Å². The molecule has 1 aromatic heterocycles. The Morgan fingerprint density at radius 1 is 1.30 bits per heavy atom. The third-order valence-electron chi connectivity index (χ3n) is 2.54. The normalized spacial score (nSPS) is 12.0. The molecule has 0 bridgehead atoms. The SMILES string of the molecule is CC(C)CNC(=O)[C@H](C)NC(=O)c1nccc(O)c1O. The molecule has 0 saturated heterocycles. The number of nitrogens with one attached hydrogen (secondary N) is 2. The summed E-state index contributed by atoms with van der Waals surface area (Å²) in [4.78, 5) is 27.2. The fraction of sp³-hybridized carbons (Fsp3) is 0.462. The molecule has 0 unspecified atom stereocenters. The minimum Gasteiger partial charge on any atom is -0.504 e. The van der Waals surface area contributed by atoms with Crippen LogP contribution in [-0.4, -0.2) is 39.6 Å². The molecule has 0 radical (unpaired) electrons. The number of amides is 2. The lowest BCUT2D eigenvalue weighted by molar-refractivity contribution is -0.122. The highest BCUT2D eigenvalue weighted by molar-refractivity contribution is 5.98. The van der Waals surface area contributed by atoms with E-state index in [1.807, 2.05) is 13.8 Å². The number of hydrogen-bond acceptors (Lipinski definition) is 5. The van der Waals surface area contributed by atoms with Gasteiger partial charge in [0.1, 0.15) is 6.04 Å². The molecule has 0 spiro atoms. The van der Waals surface area contributed by atoms with Gasteiger partial charge in [-0.25, -0.2) is 4.98 Å². The first-order chi connectivity index (χ1) is 9.32. The summed E-state index contributed by atoms with van der Waals surface area (Å²) < 4.78 is 0. The van der Waals surface area contributed by atoms with Gasteiger partial charge in [0.05, 0.1) is 0 Å². The fourth-order valence-electron chi connectivity index (χ4n) is 1.40. The number of aromatic hydroxyl groups is 2. The Balaban J connectivity index is 2.66. The maximum absolute atomic E-state index is 11.8. The molecule has 7 heteroatoms. The first kappa shape index (κ1) is 15.7. The summed E-state index contributed by atoms with van der Waals surface area (Å²) in [7, 11) is 0. The Labute approximate surface area is 117 Å². The van der Waals surface area contributed by atoms with Crippen molar-refractivity contribution in [2.75, 3.05) is 6.54 Å². The molecule has 2 amide bonds. The summed E-state index contributed by atoms with van der Waals surface area (Å²) in [5.74, 6) is -1.81. The van der Waals surface area contributed by atoms with Crippen LogP contribution >= 0.6 is 0 Å². The summed E-state index contributed by atoms with van der Waals surface area (Å²) in [5, 5.41) is 23.9. The topological polar surface area (TPSA) is 112 Å². The van der Waals surface area contributed by atoms with Crippen molar-refractivity contribution in [3.63, 3.8) is 0 Å². The van der Waals surface area contributed by atoms with E-state index in [-0.39, 0.29) is 11.6 Å². The number of aromatic nitrogens is 1. The lowest BCUT2D eigenvalue weighted by Crippen LogP contribution is -2.45. The van der Waals surface area contributed by atoms with E-state index in [1.165, 1.54) is 13.1 Å². The van der Waals surface area contributed by atoms with E-state index in [1.54, 1.807) is 0 Å². The molecule has 0 aliphatic heterocycles. The quantitative estimate of drug-likeness (QED) is 0.623. The first-order valence-corrected chi connectivity index (χ1v) is 6.28. The van der Waals surface area contributed by atoms with Crippen LogP contribution in [-0.2, 0) is 4.79 Å². The van der Waals surface area contributed by atoms with E-state index in [4.69, 9.17) is 0 Å². The average Bonchev–Trinajstić information content (AvgIpc) is 2.38. The van der Waals surface area contributed by atoms with Crippen LogP contribution in [0.3, 0.4) is 0 Å². The van der Waals surface area contributed by atoms with Gasteiger partial charge in [-0.2, -0.15) is 0 Å². The maximum Gasteiger partial charge on any atom is 0.274 e. The molecule has 0 aliphatic rings. The number of hydrogen-bond donors (Lipinski definition) is 4. The minimum absolute atomic E-state index is 0.304. The minimum atomic E-state index is -0.773. The van der Waals surface area contributed by atoms with Gasteiger partial charge in [-0.3, -0.25) is 9.59 Å². The van der Waals surface area contributed by atoms with E-state index in [9.17, 15) is 19.8 Å². The van der Waals surface area contributed by atoms with Crippen molar-refractivity contribution in [3.05, 3.63) is 18.0 Å². The van der Waals surface area contributed by atoms with Crippen molar-refractivity contribution in [3.8, 4) is 11.5 Å². The highest BCUT2D eigenvalue weighted by atomic mass is 16.3. The third-order valence-corrected chi connectivity index (χ3v) is 2.54. The number of carbonyl (C=O) groups is 2. The zero-order chi connectivity index (χ0) is 15.3. The van der Waals surface area contributed by atoms with Crippen molar-refractivity contribution in [1.82, 2.24) is 15.6 Å². The van der Waals surface area contributed by atoms with Gasteiger partial charge < -0.3 is 20.8 Å². The molecule has 0 fully saturated rings. The van der Waals surface area contributed by atoms with Gasteiger partial charge in [0, 0.05) is 18.8 Å². The van der Waals surface area contributed by atoms with E-state index >= 15 is 0 Å². The zero-order valence-corrected chi connectivity index (χ0v) is 11.7. The Morgan fingerprint density at radius 2 is 1.95 bits per heavy atom. The standard InChI is InChI=1S/C13H19N3O4/c1-7(2)6-15-12(19)8(3)16-13(20)10-11(18)9(17)4-5-14-10/h4-5,7-8,18H,6H2,1-3H3,(H,14,17)(H,15,19)(H,16,20)/t8-/m0/s1. The van der Waals surface area contributed by atoms with Crippen LogP contribution in [0, 0.1) is 5.92 Å². The largest absolute Gasteiger partial charge is 0.504 e. The van der Waals surface area contributed by atoms with E-state index in [0.717, 1.165) is 6.07 Å². The summed E-state index contributed by atoms with van der Waals surface area (Å²) in [6, 6.07) is 0.384. The van der Waals surface area contributed by atoms with Crippen molar-refractivity contribution < 1.29 is 19.8 Å². The molecule has 1 aromatic rings. The number of rotatable bonds is 5. The number of pyridine rings is 1. The Bertz CT molecular complexity index is 502. The van der Waals surface area contributed by atoms with Gasteiger partial charge in [-0.15, -0.1) is 0 Å². The van der Waals surface area contributed by atoms with Crippen LogP contribution in [0.2, 0.25) is 0 Å². The molecule has 0 aliphatic carbocycles. The molecule has 1 rings (SSSR count). The molecule has 0 saturated carbocycles. The van der Waals surface area contributed by atoms with Gasteiger partial charge in [0.2, 0.25) is 5.91 Å². The second-order valence-corrected chi connectivity index (χ2v) is 4.86. The molecule has 110 valence electrons. The second kappa shape index (κ2) is 6.74. The van der Waals surface area contributed by atoms with Gasteiger partial charge >= 0.3 is 0 Å². The van der Waals surface area contributed by atoms with Crippen LogP contribution in [0.15, 0.2) is 12.3 Å². The summed E-state index contributed by atoms with van der Waals surface area (Å²) >= 11 is 0. The molecule has 1 heterocycles. The van der Waals surface area contributed by atoms with Crippen LogP contribution in [0.5, 0.6) is 11.5 Å². The van der Waals surface area contributed by atoms with Crippen molar-refractivity contribution >= 4 is 11.8 Å². The molecular formula is C13H19N3O4. The monoisotopic (exact) mass is 281 g/mol. The lowest BCUT2D eigenvalue weighted by Gasteiger charge is -2.15. The maximum atomic E-state index is 11.8. The van der Waals surface area contributed by atoms with Crippen LogP contribution in [0.4, 0.5) is 0 Å². The number of nitrogens with zero attached hydrogens (tertiary/aromatic N) is 1. The molecule has 0 aromatic carbocycles. The van der Waals surface area contributed by atoms with Gasteiger partial charge in [-0.1, -0.05) is 13.8 Å². The summed E-state index contributed by atoms with van der Waals surface area (Å²) in [6.45, 7) is 5.94. The smallest absolute Gasteiger partial charge is 0.274 e. The Hall–Kier alpha value is -2.31. The zero-order valence-electron chi connectivity index (χ0n) is 11.7. The highest BCUT2D eigenvalue weighted by Gasteiger charge is 2.20. The Kier molecular flexibility index (Phi) is 5.31. The lowest BCUT2D eigenvalue weighted by atomic mass is 10.2. The molecule has 4 N–H and O–H groups in total. The van der Waals surface area contributed by atoms with Gasteiger partial charge in [0.25, 0.3) is 5.91 Å². The van der Waals surface area contributed by atoms with Gasteiger partial charge in [0.15, 0.2) is 17.2 Å². The Morgan fingerprint density at radius 3 is 2.55 bits per heavy atom. The van der Waals surface area contributed by atoms with Crippen molar-refractivity contribution in [1.29, 1.82) is 0 Å². The molecule has 20 heavy (non-hydrogen) atoms. The third kappa shape index (κ3) is 4.11. The van der Waals surface area contributed by atoms with Crippen molar-refractivity contribution in [2.45, 2.75) is 26.8 Å².